The van der Waals surface area contributed by atoms with Gasteiger partial charge < -0.3 is 11.1 Å². The SMILES string of the molecule is NCCCCCC(=O)NCCC1CCCCC1. The van der Waals surface area contributed by atoms with E-state index in [2.05, 4.69) is 5.32 Å². The van der Waals surface area contributed by atoms with Gasteiger partial charge in [0.15, 0.2) is 0 Å². The van der Waals surface area contributed by atoms with Crippen LogP contribution in [0.25, 0.3) is 0 Å². The molecule has 1 saturated carbocycles. The number of amides is 1. The normalized spacial score (nSPS) is 17.0. The average molecular weight is 240 g/mol. The second-order valence-electron chi connectivity index (χ2n) is 5.24. The lowest BCUT2D eigenvalue weighted by atomic mass is 9.87. The summed E-state index contributed by atoms with van der Waals surface area (Å²) >= 11 is 0. The third-order valence-electron chi connectivity index (χ3n) is 3.71. The van der Waals surface area contributed by atoms with Gasteiger partial charge in [0.25, 0.3) is 0 Å². The Bertz CT molecular complexity index is 200. The largest absolute Gasteiger partial charge is 0.356 e. The van der Waals surface area contributed by atoms with Crippen molar-refractivity contribution < 1.29 is 4.79 Å². The van der Waals surface area contributed by atoms with Crippen molar-refractivity contribution in [3.63, 3.8) is 0 Å². The van der Waals surface area contributed by atoms with E-state index in [1.807, 2.05) is 0 Å². The zero-order valence-corrected chi connectivity index (χ0v) is 11.0. The number of carbonyl (C=O) groups is 1. The van der Waals surface area contributed by atoms with Gasteiger partial charge in [-0.1, -0.05) is 38.5 Å². The van der Waals surface area contributed by atoms with Crippen LogP contribution < -0.4 is 11.1 Å². The molecule has 3 heteroatoms. The van der Waals surface area contributed by atoms with Crippen LogP contribution in [0, 0.1) is 5.92 Å². The number of hydrogen-bond donors (Lipinski definition) is 2. The maximum absolute atomic E-state index is 11.5. The Balaban J connectivity index is 1.92. The molecular weight excluding hydrogens is 212 g/mol. The van der Waals surface area contributed by atoms with Gasteiger partial charge in [-0.15, -0.1) is 0 Å². The minimum Gasteiger partial charge on any atom is -0.356 e. The predicted octanol–water partition coefficient (Wildman–Crippen LogP) is 2.59. The minimum absolute atomic E-state index is 0.220. The van der Waals surface area contributed by atoms with Crippen LogP contribution in [0.3, 0.4) is 0 Å². The smallest absolute Gasteiger partial charge is 0.219 e. The standard InChI is InChI=1S/C14H28N2O/c15-11-6-2-5-9-14(17)16-12-10-13-7-3-1-4-8-13/h13H,1-12,15H2,(H,16,17). The fraction of sp³-hybridized carbons (Fsp3) is 0.929. The van der Waals surface area contributed by atoms with E-state index in [0.717, 1.165) is 38.3 Å². The van der Waals surface area contributed by atoms with Crippen LogP contribution in [-0.2, 0) is 4.79 Å². The number of carbonyl (C=O) groups excluding carboxylic acids is 1. The highest BCUT2D eigenvalue weighted by Crippen LogP contribution is 2.25. The molecule has 1 aliphatic rings. The minimum atomic E-state index is 0.220. The molecule has 0 aromatic heterocycles. The van der Waals surface area contributed by atoms with Crippen molar-refractivity contribution in [1.82, 2.24) is 5.32 Å². The van der Waals surface area contributed by atoms with E-state index < -0.39 is 0 Å². The molecule has 0 radical (unpaired) electrons. The molecule has 0 bridgehead atoms. The van der Waals surface area contributed by atoms with Gasteiger partial charge in [0.1, 0.15) is 0 Å². The van der Waals surface area contributed by atoms with Gasteiger partial charge in [-0.2, -0.15) is 0 Å². The van der Waals surface area contributed by atoms with Gasteiger partial charge >= 0.3 is 0 Å². The maximum Gasteiger partial charge on any atom is 0.219 e. The van der Waals surface area contributed by atoms with Crippen LogP contribution >= 0.6 is 0 Å². The van der Waals surface area contributed by atoms with E-state index in [0.29, 0.717) is 6.42 Å². The van der Waals surface area contributed by atoms with Gasteiger partial charge in [0.2, 0.25) is 5.91 Å². The Morgan fingerprint density at radius 1 is 1.12 bits per heavy atom. The Morgan fingerprint density at radius 2 is 1.88 bits per heavy atom. The van der Waals surface area contributed by atoms with Crippen LogP contribution in [0.2, 0.25) is 0 Å². The Labute approximate surface area is 106 Å². The highest BCUT2D eigenvalue weighted by atomic mass is 16.1. The quantitative estimate of drug-likeness (QED) is 0.641. The fourth-order valence-corrected chi connectivity index (χ4v) is 2.59. The van der Waals surface area contributed by atoms with Gasteiger partial charge in [-0.3, -0.25) is 4.79 Å². The molecule has 0 aromatic rings. The summed E-state index contributed by atoms with van der Waals surface area (Å²) in [6.07, 6.45) is 11.9. The van der Waals surface area contributed by atoms with E-state index in [-0.39, 0.29) is 5.91 Å². The molecule has 17 heavy (non-hydrogen) atoms. The first-order chi connectivity index (χ1) is 8.33. The molecule has 100 valence electrons. The molecule has 1 aliphatic carbocycles. The summed E-state index contributed by atoms with van der Waals surface area (Å²) < 4.78 is 0. The van der Waals surface area contributed by atoms with Crippen LogP contribution in [0.1, 0.15) is 64.2 Å². The molecule has 0 heterocycles. The van der Waals surface area contributed by atoms with Crippen molar-refractivity contribution >= 4 is 5.91 Å². The summed E-state index contributed by atoms with van der Waals surface area (Å²) in [4.78, 5) is 11.5. The van der Waals surface area contributed by atoms with Gasteiger partial charge in [-0.05, 0) is 31.7 Å². The molecule has 3 nitrogen and oxygen atoms in total. The first-order valence-corrected chi connectivity index (χ1v) is 7.29. The molecule has 1 amide bonds. The summed E-state index contributed by atoms with van der Waals surface area (Å²) in [7, 11) is 0. The molecule has 0 atom stereocenters. The highest BCUT2D eigenvalue weighted by Gasteiger charge is 2.13. The van der Waals surface area contributed by atoms with Crippen LogP contribution in [-0.4, -0.2) is 19.0 Å². The van der Waals surface area contributed by atoms with Crippen molar-refractivity contribution in [2.24, 2.45) is 11.7 Å². The summed E-state index contributed by atoms with van der Waals surface area (Å²) in [6.45, 7) is 1.61. The topological polar surface area (TPSA) is 55.1 Å². The van der Waals surface area contributed by atoms with Gasteiger partial charge in [0.05, 0.1) is 0 Å². The van der Waals surface area contributed by atoms with Crippen molar-refractivity contribution in [3.8, 4) is 0 Å². The maximum atomic E-state index is 11.5. The molecule has 1 rings (SSSR count). The number of unbranched alkanes of at least 4 members (excludes halogenated alkanes) is 2. The lowest BCUT2D eigenvalue weighted by molar-refractivity contribution is -0.121. The van der Waals surface area contributed by atoms with Crippen molar-refractivity contribution in [1.29, 1.82) is 0 Å². The number of rotatable bonds is 8. The third-order valence-corrected chi connectivity index (χ3v) is 3.71. The summed E-state index contributed by atoms with van der Waals surface area (Å²) in [5, 5.41) is 3.04. The highest BCUT2D eigenvalue weighted by molar-refractivity contribution is 5.75. The van der Waals surface area contributed by atoms with Crippen LogP contribution in [0.5, 0.6) is 0 Å². The summed E-state index contributed by atoms with van der Waals surface area (Å²) in [6, 6.07) is 0. The zero-order chi connectivity index (χ0) is 12.3. The van der Waals surface area contributed by atoms with Crippen molar-refractivity contribution in [2.45, 2.75) is 64.2 Å². The Morgan fingerprint density at radius 3 is 2.59 bits per heavy atom. The second-order valence-corrected chi connectivity index (χ2v) is 5.24. The zero-order valence-electron chi connectivity index (χ0n) is 11.0. The molecule has 0 aromatic carbocycles. The predicted molar refractivity (Wildman–Crippen MR) is 71.7 cm³/mol. The van der Waals surface area contributed by atoms with Crippen molar-refractivity contribution in [2.75, 3.05) is 13.1 Å². The van der Waals surface area contributed by atoms with Gasteiger partial charge in [-0.25, -0.2) is 0 Å². The molecule has 0 aliphatic heterocycles. The van der Waals surface area contributed by atoms with Gasteiger partial charge in [0, 0.05) is 13.0 Å². The number of nitrogens with two attached hydrogens (primary N) is 1. The summed E-state index contributed by atoms with van der Waals surface area (Å²) in [5.74, 6) is 1.08. The molecule has 1 fully saturated rings. The molecule has 0 saturated heterocycles. The third kappa shape index (κ3) is 7.37. The van der Waals surface area contributed by atoms with Crippen molar-refractivity contribution in [3.05, 3.63) is 0 Å². The second kappa shape index (κ2) is 9.46. The average Bonchev–Trinajstić information content (AvgIpc) is 2.36. The van der Waals surface area contributed by atoms with E-state index in [9.17, 15) is 4.79 Å². The van der Waals surface area contributed by atoms with Crippen LogP contribution in [0.4, 0.5) is 0 Å². The van der Waals surface area contributed by atoms with E-state index in [1.165, 1.54) is 38.5 Å². The molecule has 0 spiro atoms. The summed E-state index contributed by atoms with van der Waals surface area (Å²) in [5.41, 5.74) is 5.41. The number of hydrogen-bond acceptors (Lipinski definition) is 2. The van der Waals surface area contributed by atoms with E-state index in [1.54, 1.807) is 0 Å². The molecular formula is C14H28N2O. The van der Waals surface area contributed by atoms with E-state index in [4.69, 9.17) is 5.73 Å². The molecule has 0 unspecified atom stereocenters. The molecule has 3 N–H and O–H groups in total. The monoisotopic (exact) mass is 240 g/mol. The van der Waals surface area contributed by atoms with Crippen LogP contribution in [0.15, 0.2) is 0 Å². The Hall–Kier alpha value is -0.570. The first-order valence-electron chi connectivity index (χ1n) is 7.29. The Kier molecular flexibility index (Phi) is 8.06. The lowest BCUT2D eigenvalue weighted by Crippen LogP contribution is -2.26. The lowest BCUT2D eigenvalue weighted by Gasteiger charge is -2.21. The number of nitrogens with one attached hydrogen (secondary N) is 1. The fourth-order valence-electron chi connectivity index (χ4n) is 2.59. The first kappa shape index (κ1) is 14.5. The van der Waals surface area contributed by atoms with E-state index >= 15 is 0 Å².